The van der Waals surface area contributed by atoms with Crippen molar-refractivity contribution in [3.05, 3.63) is 65.2 Å². The van der Waals surface area contributed by atoms with Gasteiger partial charge in [-0.15, -0.1) is 0 Å². The van der Waals surface area contributed by atoms with Gasteiger partial charge in [0.2, 0.25) is 5.91 Å². The third kappa shape index (κ3) is 9.36. The van der Waals surface area contributed by atoms with Gasteiger partial charge in [-0.3, -0.25) is 9.59 Å². The lowest BCUT2D eigenvalue weighted by atomic mass is 10.00. The highest BCUT2D eigenvalue weighted by molar-refractivity contribution is 7.98. The molecule has 0 radical (unpaired) electrons. The van der Waals surface area contributed by atoms with E-state index in [1.165, 1.54) is 16.7 Å². The molecule has 0 saturated carbocycles. The van der Waals surface area contributed by atoms with Crippen LogP contribution in [0.2, 0.25) is 0 Å². The van der Waals surface area contributed by atoms with Gasteiger partial charge in [-0.25, -0.2) is 4.79 Å². The van der Waals surface area contributed by atoms with E-state index in [1.807, 2.05) is 62.6 Å². The van der Waals surface area contributed by atoms with Crippen LogP contribution in [-0.4, -0.2) is 64.7 Å². The molecule has 3 amide bonds. The van der Waals surface area contributed by atoms with Gasteiger partial charge in [-0.05, 0) is 75.3 Å². The van der Waals surface area contributed by atoms with Crippen LogP contribution in [0.4, 0.5) is 10.5 Å². The molecule has 0 bridgehead atoms. The number of aryl methyl sites for hydroxylation is 2. The number of benzene rings is 2. The summed E-state index contributed by atoms with van der Waals surface area (Å²) < 4.78 is 5.39. The van der Waals surface area contributed by atoms with Crippen LogP contribution in [0.25, 0.3) is 0 Å². The van der Waals surface area contributed by atoms with Gasteiger partial charge in [0, 0.05) is 12.2 Å². The molecule has 0 saturated heterocycles. The van der Waals surface area contributed by atoms with Crippen LogP contribution in [0, 0.1) is 6.92 Å². The Labute approximate surface area is 230 Å². The van der Waals surface area contributed by atoms with Crippen molar-refractivity contribution in [1.82, 2.24) is 10.2 Å². The van der Waals surface area contributed by atoms with Crippen LogP contribution in [0.3, 0.4) is 0 Å². The van der Waals surface area contributed by atoms with Crippen molar-refractivity contribution in [2.45, 2.75) is 65.1 Å². The zero-order chi connectivity index (χ0) is 28.3. The number of alkyl carbamates (subject to hydrolysis) is 1. The molecular weight excluding hydrogens is 502 g/mol. The SMILES string of the molecule is CCc1ccc(C(C(=O)Nc2ccccc2C)N(CCO)C(=O)C(CCSC)NC(=O)OC(C)(C)C)cc1. The van der Waals surface area contributed by atoms with Crippen LogP contribution in [-0.2, 0) is 20.7 Å². The molecule has 2 atom stereocenters. The Kier molecular flexibility index (Phi) is 12.1. The van der Waals surface area contributed by atoms with Gasteiger partial charge < -0.3 is 25.4 Å². The van der Waals surface area contributed by atoms with Crippen LogP contribution >= 0.6 is 11.8 Å². The first kappa shape index (κ1) is 31.2. The normalized spacial score (nSPS) is 12.8. The van der Waals surface area contributed by atoms with Gasteiger partial charge in [-0.2, -0.15) is 11.8 Å². The first-order chi connectivity index (χ1) is 18.0. The Balaban J connectivity index is 2.49. The van der Waals surface area contributed by atoms with E-state index in [4.69, 9.17) is 4.74 Å². The predicted octanol–water partition coefficient (Wildman–Crippen LogP) is 4.70. The summed E-state index contributed by atoms with van der Waals surface area (Å²) in [5.74, 6) is -0.278. The minimum atomic E-state index is -1.03. The average Bonchev–Trinajstić information content (AvgIpc) is 2.86. The summed E-state index contributed by atoms with van der Waals surface area (Å²) in [7, 11) is 0. The molecule has 0 aliphatic rings. The van der Waals surface area contributed by atoms with Gasteiger partial charge in [-0.1, -0.05) is 49.4 Å². The second-order valence-corrected chi connectivity index (χ2v) is 11.0. The van der Waals surface area contributed by atoms with Crippen molar-refractivity contribution < 1.29 is 24.2 Å². The summed E-state index contributed by atoms with van der Waals surface area (Å²) in [5, 5.41) is 15.6. The topological polar surface area (TPSA) is 108 Å². The molecule has 208 valence electrons. The smallest absolute Gasteiger partial charge is 0.408 e. The van der Waals surface area contributed by atoms with E-state index in [2.05, 4.69) is 10.6 Å². The minimum Gasteiger partial charge on any atom is -0.444 e. The first-order valence-corrected chi connectivity index (χ1v) is 14.2. The maximum atomic E-state index is 14.0. The summed E-state index contributed by atoms with van der Waals surface area (Å²) in [4.78, 5) is 41.7. The lowest BCUT2D eigenvalue weighted by molar-refractivity contribution is -0.141. The number of nitrogens with one attached hydrogen (secondary N) is 2. The standard InChI is InChI=1S/C29H41N3O5S/c1-7-21-12-14-22(15-13-21)25(26(34)30-23-11-9-8-10-20(23)2)32(17-18-33)27(35)24(16-19-38-6)31-28(36)37-29(3,4)5/h8-15,24-25,33H,7,16-19H2,1-6H3,(H,30,34)(H,31,36). The average molecular weight is 544 g/mol. The number of amides is 3. The van der Waals surface area contributed by atoms with Crippen molar-refractivity contribution in [2.24, 2.45) is 0 Å². The van der Waals surface area contributed by atoms with E-state index in [1.54, 1.807) is 26.8 Å². The second kappa shape index (κ2) is 14.8. The van der Waals surface area contributed by atoms with Crippen LogP contribution in [0.5, 0.6) is 0 Å². The molecule has 0 heterocycles. The molecule has 0 aromatic heterocycles. The summed E-state index contributed by atoms with van der Waals surface area (Å²) in [6.45, 7) is 8.72. The fourth-order valence-electron chi connectivity index (χ4n) is 3.94. The quantitative estimate of drug-likeness (QED) is 0.358. The number of ether oxygens (including phenoxy) is 1. The van der Waals surface area contributed by atoms with E-state index in [0.29, 0.717) is 23.4 Å². The number of para-hydroxylation sites is 1. The number of thioether (sulfide) groups is 1. The second-order valence-electron chi connectivity index (χ2n) is 10.0. The van der Waals surface area contributed by atoms with Crippen molar-refractivity contribution >= 4 is 35.4 Å². The number of hydrogen-bond donors (Lipinski definition) is 3. The Morgan fingerprint density at radius 2 is 1.74 bits per heavy atom. The number of anilines is 1. The Morgan fingerprint density at radius 1 is 1.08 bits per heavy atom. The Hall–Kier alpha value is -3.04. The van der Waals surface area contributed by atoms with Crippen molar-refractivity contribution in [3.8, 4) is 0 Å². The molecule has 8 nitrogen and oxygen atoms in total. The molecule has 2 aromatic rings. The maximum absolute atomic E-state index is 14.0. The fraction of sp³-hybridized carbons (Fsp3) is 0.483. The molecular formula is C29H41N3O5S. The summed E-state index contributed by atoms with van der Waals surface area (Å²) in [6, 6.07) is 12.9. The molecule has 0 aliphatic heterocycles. The van der Waals surface area contributed by atoms with Crippen LogP contribution < -0.4 is 10.6 Å². The molecule has 2 rings (SSSR count). The van der Waals surface area contributed by atoms with Crippen molar-refractivity contribution in [1.29, 1.82) is 0 Å². The summed E-state index contributed by atoms with van der Waals surface area (Å²) >= 11 is 1.54. The maximum Gasteiger partial charge on any atom is 0.408 e. The number of rotatable bonds is 12. The molecule has 0 aliphatic carbocycles. The third-order valence-electron chi connectivity index (χ3n) is 5.89. The number of aliphatic hydroxyl groups is 1. The monoisotopic (exact) mass is 543 g/mol. The number of nitrogens with zero attached hydrogens (tertiary/aromatic N) is 1. The molecule has 3 N–H and O–H groups in total. The molecule has 0 fully saturated rings. The molecule has 2 unspecified atom stereocenters. The van der Waals surface area contributed by atoms with E-state index < -0.39 is 35.6 Å². The molecule has 38 heavy (non-hydrogen) atoms. The lowest BCUT2D eigenvalue weighted by Gasteiger charge is -2.34. The van der Waals surface area contributed by atoms with Gasteiger partial charge >= 0.3 is 6.09 Å². The van der Waals surface area contributed by atoms with Gasteiger partial charge in [0.1, 0.15) is 17.7 Å². The van der Waals surface area contributed by atoms with Crippen LogP contribution in [0.1, 0.15) is 56.8 Å². The number of carbonyl (C=O) groups excluding carboxylic acids is 3. The predicted molar refractivity (Wildman–Crippen MR) is 153 cm³/mol. The van der Waals surface area contributed by atoms with Crippen LogP contribution in [0.15, 0.2) is 48.5 Å². The van der Waals surface area contributed by atoms with Gasteiger partial charge in [0.25, 0.3) is 5.91 Å². The highest BCUT2D eigenvalue weighted by Gasteiger charge is 2.36. The number of aliphatic hydroxyl groups excluding tert-OH is 1. The van der Waals surface area contributed by atoms with Gasteiger partial charge in [0.15, 0.2) is 0 Å². The zero-order valence-corrected chi connectivity index (χ0v) is 24.1. The Bertz CT molecular complexity index is 1070. The minimum absolute atomic E-state index is 0.0913. The molecule has 9 heteroatoms. The summed E-state index contributed by atoms with van der Waals surface area (Å²) in [5.41, 5.74) is 2.48. The first-order valence-electron chi connectivity index (χ1n) is 12.9. The van der Waals surface area contributed by atoms with Crippen molar-refractivity contribution in [2.75, 3.05) is 30.5 Å². The number of hydrogen-bond acceptors (Lipinski definition) is 6. The Morgan fingerprint density at radius 3 is 2.29 bits per heavy atom. The highest BCUT2D eigenvalue weighted by Crippen LogP contribution is 2.26. The lowest BCUT2D eigenvalue weighted by Crippen LogP contribution is -2.53. The van der Waals surface area contributed by atoms with E-state index >= 15 is 0 Å². The summed E-state index contributed by atoms with van der Waals surface area (Å²) in [6.07, 6.45) is 2.36. The third-order valence-corrected chi connectivity index (χ3v) is 6.53. The van der Waals surface area contributed by atoms with E-state index in [-0.39, 0.29) is 13.2 Å². The number of carbonyl (C=O) groups is 3. The molecule has 2 aromatic carbocycles. The van der Waals surface area contributed by atoms with E-state index in [0.717, 1.165) is 17.5 Å². The van der Waals surface area contributed by atoms with Gasteiger partial charge in [0.05, 0.1) is 6.61 Å². The highest BCUT2D eigenvalue weighted by atomic mass is 32.2. The largest absolute Gasteiger partial charge is 0.444 e. The zero-order valence-electron chi connectivity index (χ0n) is 23.2. The fourth-order valence-corrected chi connectivity index (χ4v) is 4.41. The van der Waals surface area contributed by atoms with E-state index in [9.17, 15) is 19.5 Å². The van der Waals surface area contributed by atoms with Crippen molar-refractivity contribution in [3.63, 3.8) is 0 Å². The molecule has 0 spiro atoms.